The van der Waals surface area contributed by atoms with Gasteiger partial charge in [0.25, 0.3) is 5.91 Å². The second kappa shape index (κ2) is 7.89. The number of halogens is 1. The van der Waals surface area contributed by atoms with Gasteiger partial charge in [-0.2, -0.15) is 0 Å². The molecule has 4 saturated carbocycles. The molecule has 2 aromatic rings. The molecule has 2 heterocycles. The summed E-state index contributed by atoms with van der Waals surface area (Å²) in [6.45, 7) is 0.861. The van der Waals surface area contributed by atoms with Crippen LogP contribution < -0.4 is 5.32 Å². The van der Waals surface area contributed by atoms with Crippen LogP contribution in [0.3, 0.4) is 0 Å². The van der Waals surface area contributed by atoms with Crippen molar-refractivity contribution < 1.29 is 14.0 Å². The molecular formula is C26H29FN4O2. The fraction of sp³-hybridized carbons (Fsp3) is 0.538. The molecule has 1 aromatic carbocycles. The number of nitrogens with zero attached hydrogens (tertiary/aromatic N) is 3. The van der Waals surface area contributed by atoms with Crippen molar-refractivity contribution in [2.24, 2.45) is 23.2 Å². The number of hydrogen-bond donors (Lipinski definition) is 1. The van der Waals surface area contributed by atoms with Crippen LogP contribution in [0, 0.1) is 29.0 Å². The Bertz CT molecular complexity index is 1060. The summed E-state index contributed by atoms with van der Waals surface area (Å²) in [5, 5.41) is 3.09. The maximum atomic E-state index is 13.2. The summed E-state index contributed by atoms with van der Waals surface area (Å²) in [7, 11) is 0. The van der Waals surface area contributed by atoms with Crippen molar-refractivity contribution in [3.8, 4) is 0 Å². The van der Waals surface area contributed by atoms with Crippen LogP contribution in [0.4, 0.5) is 10.2 Å². The van der Waals surface area contributed by atoms with Crippen molar-refractivity contribution in [2.75, 3.05) is 11.9 Å². The summed E-state index contributed by atoms with van der Waals surface area (Å²) in [6, 6.07) is 5.60. The van der Waals surface area contributed by atoms with Crippen LogP contribution in [0.25, 0.3) is 0 Å². The molecule has 0 spiro atoms. The van der Waals surface area contributed by atoms with Crippen LogP contribution in [0.5, 0.6) is 0 Å². The van der Waals surface area contributed by atoms with E-state index in [1.807, 2.05) is 0 Å². The van der Waals surface area contributed by atoms with E-state index in [0.717, 1.165) is 29.0 Å². The van der Waals surface area contributed by atoms with Gasteiger partial charge in [0.15, 0.2) is 0 Å². The number of fused-ring (bicyclic) bond motifs is 1. The van der Waals surface area contributed by atoms with Gasteiger partial charge in [0.1, 0.15) is 18.0 Å². The van der Waals surface area contributed by atoms with Crippen molar-refractivity contribution in [2.45, 2.75) is 57.9 Å². The van der Waals surface area contributed by atoms with Crippen LogP contribution in [-0.4, -0.2) is 33.2 Å². The molecule has 6 nitrogen and oxygen atoms in total. The zero-order valence-corrected chi connectivity index (χ0v) is 18.7. The largest absolute Gasteiger partial charge is 0.332 e. The molecule has 0 saturated heterocycles. The molecule has 33 heavy (non-hydrogen) atoms. The average Bonchev–Trinajstić information content (AvgIpc) is 2.77. The van der Waals surface area contributed by atoms with Gasteiger partial charge in [-0.1, -0.05) is 0 Å². The Morgan fingerprint density at radius 2 is 1.70 bits per heavy atom. The van der Waals surface area contributed by atoms with Gasteiger partial charge in [0, 0.05) is 24.1 Å². The Kier molecular flexibility index (Phi) is 4.96. The molecule has 0 unspecified atom stereocenters. The predicted octanol–water partition coefficient (Wildman–Crippen LogP) is 4.36. The summed E-state index contributed by atoms with van der Waals surface area (Å²) in [6.07, 6.45) is 10.3. The van der Waals surface area contributed by atoms with E-state index in [0.29, 0.717) is 37.3 Å². The first kappa shape index (κ1) is 20.8. The minimum atomic E-state index is -0.364. The highest BCUT2D eigenvalue weighted by Gasteiger charge is 2.51. The molecule has 4 bridgehead atoms. The molecule has 5 aliphatic rings. The van der Waals surface area contributed by atoms with Gasteiger partial charge in [-0.3, -0.25) is 9.59 Å². The molecule has 172 valence electrons. The Labute approximate surface area is 193 Å². The molecule has 1 aliphatic heterocycles. The van der Waals surface area contributed by atoms with Gasteiger partial charge in [0.05, 0.1) is 12.2 Å². The molecule has 2 amide bonds. The first-order chi connectivity index (χ1) is 16.0. The third-order valence-corrected chi connectivity index (χ3v) is 8.34. The van der Waals surface area contributed by atoms with Gasteiger partial charge in [0.2, 0.25) is 5.91 Å². The second-order valence-corrected chi connectivity index (χ2v) is 10.8. The summed E-state index contributed by atoms with van der Waals surface area (Å²) >= 11 is 0. The third kappa shape index (κ3) is 3.91. The SMILES string of the molecule is O=C(CC12CC3CC(CC(C3)C1)C2)Nc1ncnc2c1CCN(C(=O)c1ccc(F)cc1)C2. The van der Waals surface area contributed by atoms with Crippen LogP contribution in [0.1, 0.15) is 66.6 Å². The lowest BCUT2D eigenvalue weighted by molar-refractivity contribution is -0.124. The van der Waals surface area contributed by atoms with E-state index in [1.54, 1.807) is 4.90 Å². The first-order valence-corrected chi connectivity index (χ1v) is 12.1. The fourth-order valence-electron chi connectivity index (χ4n) is 7.43. The number of carbonyl (C=O) groups is 2. The number of hydrogen-bond acceptors (Lipinski definition) is 4. The lowest BCUT2D eigenvalue weighted by Gasteiger charge is -2.56. The van der Waals surface area contributed by atoms with Gasteiger partial charge in [-0.15, -0.1) is 0 Å². The topological polar surface area (TPSA) is 75.2 Å². The number of carbonyl (C=O) groups excluding carboxylic acids is 2. The zero-order valence-electron chi connectivity index (χ0n) is 18.7. The van der Waals surface area contributed by atoms with E-state index < -0.39 is 0 Å². The van der Waals surface area contributed by atoms with Crippen molar-refractivity contribution >= 4 is 17.6 Å². The van der Waals surface area contributed by atoms with Crippen molar-refractivity contribution in [3.05, 3.63) is 53.2 Å². The molecule has 7 rings (SSSR count). The number of aromatic nitrogens is 2. The number of amides is 2. The van der Waals surface area contributed by atoms with Crippen molar-refractivity contribution in [1.29, 1.82) is 0 Å². The average molecular weight is 449 g/mol. The van der Waals surface area contributed by atoms with Gasteiger partial charge in [-0.25, -0.2) is 14.4 Å². The van der Waals surface area contributed by atoms with E-state index in [4.69, 9.17) is 0 Å². The van der Waals surface area contributed by atoms with E-state index >= 15 is 0 Å². The van der Waals surface area contributed by atoms with Crippen molar-refractivity contribution in [3.63, 3.8) is 0 Å². The molecule has 4 aliphatic carbocycles. The van der Waals surface area contributed by atoms with Gasteiger partial charge >= 0.3 is 0 Å². The molecule has 1 N–H and O–H groups in total. The highest BCUT2D eigenvalue weighted by atomic mass is 19.1. The van der Waals surface area contributed by atoms with E-state index in [9.17, 15) is 14.0 Å². The fourth-order valence-corrected chi connectivity index (χ4v) is 7.43. The minimum absolute atomic E-state index is 0.0580. The van der Waals surface area contributed by atoms with Crippen LogP contribution in [-0.2, 0) is 17.8 Å². The van der Waals surface area contributed by atoms with Crippen LogP contribution in [0.2, 0.25) is 0 Å². The number of rotatable bonds is 4. The molecule has 7 heteroatoms. The third-order valence-electron chi connectivity index (χ3n) is 8.34. The van der Waals surface area contributed by atoms with Crippen LogP contribution in [0.15, 0.2) is 30.6 Å². The smallest absolute Gasteiger partial charge is 0.254 e. The molecule has 1 aromatic heterocycles. The predicted molar refractivity (Wildman–Crippen MR) is 121 cm³/mol. The maximum absolute atomic E-state index is 13.2. The summed E-state index contributed by atoms with van der Waals surface area (Å²) in [5.41, 5.74) is 2.32. The van der Waals surface area contributed by atoms with Crippen LogP contribution >= 0.6 is 0 Å². The molecule has 0 atom stereocenters. The van der Waals surface area contributed by atoms with Gasteiger partial charge < -0.3 is 10.2 Å². The highest BCUT2D eigenvalue weighted by molar-refractivity contribution is 5.94. The Morgan fingerprint density at radius 3 is 2.36 bits per heavy atom. The summed E-state index contributed by atoms with van der Waals surface area (Å²) in [5.74, 6) is 2.59. The minimum Gasteiger partial charge on any atom is -0.332 e. The Hall–Kier alpha value is -2.83. The number of benzene rings is 1. The molecular weight excluding hydrogens is 419 g/mol. The number of nitrogens with one attached hydrogen (secondary N) is 1. The molecule has 0 radical (unpaired) electrons. The Balaban J connectivity index is 1.14. The van der Waals surface area contributed by atoms with E-state index in [2.05, 4.69) is 15.3 Å². The summed E-state index contributed by atoms with van der Waals surface area (Å²) in [4.78, 5) is 36.4. The van der Waals surface area contributed by atoms with E-state index in [-0.39, 0.29) is 23.0 Å². The standard InChI is InChI=1S/C26H29FN4O2/c27-20-3-1-19(2-4-20)25(33)31-6-5-21-22(14-31)28-15-29-24(21)30-23(32)13-26-10-16-7-17(11-26)9-18(8-16)12-26/h1-4,15-18H,5-14H2,(H,28,29,30,32). The monoisotopic (exact) mass is 448 g/mol. The van der Waals surface area contributed by atoms with Gasteiger partial charge in [-0.05, 0) is 92.4 Å². The highest BCUT2D eigenvalue weighted by Crippen LogP contribution is 2.61. The second-order valence-electron chi connectivity index (χ2n) is 10.8. The van der Waals surface area contributed by atoms with E-state index in [1.165, 1.54) is 69.1 Å². The maximum Gasteiger partial charge on any atom is 0.254 e. The lowest BCUT2D eigenvalue weighted by atomic mass is 9.49. The zero-order chi connectivity index (χ0) is 22.6. The quantitative estimate of drug-likeness (QED) is 0.754. The normalized spacial score (nSPS) is 29.6. The first-order valence-electron chi connectivity index (χ1n) is 12.1. The Morgan fingerprint density at radius 1 is 1.03 bits per heavy atom. The van der Waals surface area contributed by atoms with Crippen molar-refractivity contribution in [1.82, 2.24) is 14.9 Å². The summed E-state index contributed by atoms with van der Waals surface area (Å²) < 4.78 is 13.2. The lowest BCUT2D eigenvalue weighted by Crippen LogP contribution is -2.47. The molecule has 4 fully saturated rings. The number of anilines is 1.